The van der Waals surface area contributed by atoms with Gasteiger partial charge in [0.15, 0.2) is 5.82 Å². The summed E-state index contributed by atoms with van der Waals surface area (Å²) in [6.45, 7) is 6.74. The average molecular weight is 470 g/mol. The van der Waals surface area contributed by atoms with Crippen LogP contribution in [0.1, 0.15) is 38.3 Å². The number of nitrogens with zero attached hydrogens (tertiary/aromatic N) is 5. The molecule has 0 aliphatic carbocycles. The Morgan fingerprint density at radius 3 is 2.45 bits per heavy atom. The summed E-state index contributed by atoms with van der Waals surface area (Å²) < 4.78 is 1.06. The number of rotatable bonds is 7. The molecule has 2 aromatic rings. The van der Waals surface area contributed by atoms with Gasteiger partial charge in [-0.15, -0.1) is 11.8 Å². The Bertz CT molecular complexity index is 1050. The molecule has 0 saturated carbocycles. The van der Waals surface area contributed by atoms with E-state index in [9.17, 15) is 14.7 Å². The molecule has 1 fully saturated rings. The van der Waals surface area contributed by atoms with Crippen molar-refractivity contribution in [1.82, 2.24) is 24.6 Å². The second-order valence-electron chi connectivity index (χ2n) is 9.00. The molecule has 0 radical (unpaired) electrons. The van der Waals surface area contributed by atoms with Gasteiger partial charge in [0, 0.05) is 37.8 Å². The maximum atomic E-state index is 12.8. The largest absolute Gasteiger partial charge is 0.480 e. The molecule has 9 heteroatoms. The third-order valence-electron chi connectivity index (χ3n) is 6.56. The minimum atomic E-state index is -0.788. The summed E-state index contributed by atoms with van der Waals surface area (Å²) in [6.07, 6.45) is 7.08. The van der Waals surface area contributed by atoms with Crippen LogP contribution in [0.2, 0.25) is 0 Å². The molecule has 1 aromatic heterocycles. The number of carbonyl (C=O) groups excluding carboxylic acids is 1. The van der Waals surface area contributed by atoms with Gasteiger partial charge < -0.3 is 10.0 Å². The van der Waals surface area contributed by atoms with Crippen molar-refractivity contribution in [2.75, 3.05) is 39.0 Å². The van der Waals surface area contributed by atoms with Crippen LogP contribution >= 0.6 is 11.8 Å². The Hall–Kier alpha value is -2.65. The van der Waals surface area contributed by atoms with Gasteiger partial charge in [0.25, 0.3) is 0 Å². The van der Waals surface area contributed by atoms with Gasteiger partial charge in [-0.1, -0.05) is 30.3 Å². The molecule has 2 aliphatic heterocycles. The molecule has 176 valence electrons. The van der Waals surface area contributed by atoms with Gasteiger partial charge in [-0.2, -0.15) is 5.10 Å². The van der Waals surface area contributed by atoms with Crippen molar-refractivity contribution >= 4 is 29.2 Å². The molecule has 0 bridgehead atoms. The highest BCUT2D eigenvalue weighted by Gasteiger charge is 2.44. The molecule has 1 aromatic carbocycles. The third kappa shape index (κ3) is 4.99. The van der Waals surface area contributed by atoms with Gasteiger partial charge in [-0.3, -0.25) is 14.5 Å². The van der Waals surface area contributed by atoms with E-state index in [0.29, 0.717) is 32.6 Å². The molecule has 4 rings (SSSR count). The summed E-state index contributed by atoms with van der Waals surface area (Å²) >= 11 is 1.37. The van der Waals surface area contributed by atoms with Crippen LogP contribution in [0.5, 0.6) is 0 Å². The fourth-order valence-corrected chi connectivity index (χ4v) is 5.14. The van der Waals surface area contributed by atoms with E-state index in [1.807, 2.05) is 32.9 Å². The number of thioether (sulfide) groups is 1. The predicted octanol–water partition coefficient (Wildman–Crippen LogP) is 3.03. The maximum absolute atomic E-state index is 12.8. The summed E-state index contributed by atoms with van der Waals surface area (Å²) in [4.78, 5) is 32.7. The van der Waals surface area contributed by atoms with Crippen LogP contribution in [0.4, 0.5) is 0 Å². The highest BCUT2D eigenvalue weighted by Crippen LogP contribution is 2.34. The van der Waals surface area contributed by atoms with E-state index in [4.69, 9.17) is 0 Å². The maximum Gasteiger partial charge on any atom is 0.321 e. The average Bonchev–Trinajstić information content (AvgIpc) is 3.48. The standard InChI is InChI=1S/C24H31N5O3S/c1-17(2)29-16-25-22(26-29)20-6-4-18(5-7-20)19-8-11-28(12-9-19)21(30)14-27-13-10-24(15-27,33-3)23(31)32/h4-8,16-17H,9-15H2,1-3H3,(H,31,32). The summed E-state index contributed by atoms with van der Waals surface area (Å²) in [7, 11) is 0. The molecule has 1 N–H and O–H groups in total. The van der Waals surface area contributed by atoms with Crippen LogP contribution in [0.3, 0.4) is 0 Å². The van der Waals surface area contributed by atoms with Crippen LogP contribution in [-0.4, -0.2) is 85.3 Å². The normalized spacial score (nSPS) is 21.5. The fourth-order valence-electron chi connectivity index (χ4n) is 4.36. The predicted molar refractivity (Wildman–Crippen MR) is 130 cm³/mol. The van der Waals surface area contributed by atoms with Crippen molar-refractivity contribution in [3.05, 3.63) is 42.2 Å². The number of aliphatic carboxylic acids is 1. The third-order valence-corrected chi connectivity index (χ3v) is 7.85. The van der Waals surface area contributed by atoms with E-state index in [1.165, 1.54) is 17.3 Å². The van der Waals surface area contributed by atoms with Crippen LogP contribution in [0.25, 0.3) is 17.0 Å². The first-order valence-corrected chi connectivity index (χ1v) is 12.5. The van der Waals surface area contributed by atoms with Crippen molar-refractivity contribution in [3.8, 4) is 11.4 Å². The van der Waals surface area contributed by atoms with E-state index in [-0.39, 0.29) is 18.5 Å². The van der Waals surface area contributed by atoms with Crippen molar-refractivity contribution in [2.45, 2.75) is 37.5 Å². The molecule has 33 heavy (non-hydrogen) atoms. The summed E-state index contributed by atoms with van der Waals surface area (Å²) in [6, 6.07) is 8.54. The minimum Gasteiger partial charge on any atom is -0.480 e. The fraction of sp³-hybridized carbons (Fsp3) is 0.500. The number of aromatic nitrogens is 3. The van der Waals surface area contributed by atoms with Crippen LogP contribution < -0.4 is 0 Å². The molecule has 1 amide bonds. The SMILES string of the molecule is CSC1(C(=O)O)CCN(CC(=O)N2CC=C(c3ccc(-c4ncn(C(C)C)n4)cc3)CC2)C1. The zero-order valence-corrected chi connectivity index (χ0v) is 20.2. The van der Waals surface area contributed by atoms with E-state index in [1.54, 1.807) is 6.33 Å². The van der Waals surface area contributed by atoms with Crippen molar-refractivity contribution < 1.29 is 14.7 Å². The highest BCUT2D eigenvalue weighted by molar-refractivity contribution is 8.00. The van der Waals surface area contributed by atoms with Crippen LogP contribution in [0.15, 0.2) is 36.7 Å². The number of likely N-dealkylation sites (tertiary alicyclic amines) is 1. The molecule has 1 saturated heterocycles. The second-order valence-corrected chi connectivity index (χ2v) is 10.2. The molecular weight excluding hydrogens is 438 g/mol. The number of carboxylic acid groups (broad SMARTS) is 1. The number of amides is 1. The Morgan fingerprint density at radius 1 is 1.18 bits per heavy atom. The lowest BCUT2D eigenvalue weighted by atomic mass is 9.98. The minimum absolute atomic E-state index is 0.0646. The molecule has 0 spiro atoms. The molecule has 3 heterocycles. The monoisotopic (exact) mass is 469 g/mol. The first kappa shape index (κ1) is 23.5. The summed E-state index contributed by atoms with van der Waals surface area (Å²) in [5, 5.41) is 14.1. The van der Waals surface area contributed by atoms with Gasteiger partial charge in [0.05, 0.1) is 6.54 Å². The lowest BCUT2D eigenvalue weighted by Crippen LogP contribution is -2.44. The van der Waals surface area contributed by atoms with Crippen LogP contribution in [-0.2, 0) is 9.59 Å². The van der Waals surface area contributed by atoms with Crippen molar-refractivity contribution in [2.24, 2.45) is 0 Å². The van der Waals surface area contributed by atoms with Gasteiger partial charge in [0.1, 0.15) is 11.1 Å². The summed E-state index contributed by atoms with van der Waals surface area (Å²) in [5.41, 5.74) is 3.37. The highest BCUT2D eigenvalue weighted by atomic mass is 32.2. The lowest BCUT2D eigenvalue weighted by Gasteiger charge is -2.29. The number of hydrogen-bond acceptors (Lipinski definition) is 6. The molecular formula is C24H31N5O3S. The van der Waals surface area contributed by atoms with Gasteiger partial charge in [-0.25, -0.2) is 9.67 Å². The molecule has 2 aliphatic rings. The van der Waals surface area contributed by atoms with Gasteiger partial charge >= 0.3 is 5.97 Å². The smallest absolute Gasteiger partial charge is 0.321 e. The van der Waals surface area contributed by atoms with E-state index in [2.05, 4.69) is 42.1 Å². The first-order valence-electron chi connectivity index (χ1n) is 11.3. The first-order chi connectivity index (χ1) is 15.8. The Morgan fingerprint density at radius 2 is 1.91 bits per heavy atom. The lowest BCUT2D eigenvalue weighted by molar-refractivity contribution is -0.140. The topological polar surface area (TPSA) is 91.6 Å². The van der Waals surface area contributed by atoms with Gasteiger partial charge in [0.2, 0.25) is 5.91 Å². The summed E-state index contributed by atoms with van der Waals surface area (Å²) in [5.74, 6) is 0.000251. The van der Waals surface area contributed by atoms with Crippen LogP contribution in [0, 0.1) is 0 Å². The Kier molecular flexibility index (Phi) is 6.90. The van der Waals surface area contributed by atoms with E-state index < -0.39 is 10.7 Å². The molecule has 8 nitrogen and oxygen atoms in total. The van der Waals surface area contributed by atoms with E-state index >= 15 is 0 Å². The van der Waals surface area contributed by atoms with Crippen molar-refractivity contribution in [3.63, 3.8) is 0 Å². The zero-order chi connectivity index (χ0) is 23.6. The Labute approximate surface area is 198 Å². The molecule has 1 unspecified atom stereocenters. The number of carboxylic acids is 1. The number of hydrogen-bond donors (Lipinski definition) is 1. The van der Waals surface area contributed by atoms with Gasteiger partial charge in [-0.05, 0) is 44.1 Å². The Balaban J connectivity index is 1.34. The second kappa shape index (κ2) is 9.69. The number of benzene rings is 1. The molecule has 1 atom stereocenters. The van der Waals surface area contributed by atoms with Crippen molar-refractivity contribution in [1.29, 1.82) is 0 Å². The van der Waals surface area contributed by atoms with E-state index in [0.717, 1.165) is 23.4 Å². The number of carbonyl (C=O) groups is 2. The quantitative estimate of drug-likeness (QED) is 0.666. The zero-order valence-electron chi connectivity index (χ0n) is 19.4.